The van der Waals surface area contributed by atoms with E-state index in [1.165, 1.54) is 6.33 Å². The van der Waals surface area contributed by atoms with Crippen molar-refractivity contribution in [3.05, 3.63) is 35.6 Å². The lowest BCUT2D eigenvalue weighted by Crippen LogP contribution is -1.95. The Morgan fingerprint density at radius 2 is 2.25 bits per heavy atom. The molecule has 0 saturated heterocycles. The van der Waals surface area contributed by atoms with Gasteiger partial charge in [0.1, 0.15) is 17.5 Å². The van der Waals surface area contributed by atoms with E-state index in [0.29, 0.717) is 22.3 Å². The van der Waals surface area contributed by atoms with Gasteiger partial charge in [0.05, 0.1) is 0 Å². The Morgan fingerprint density at radius 1 is 1.35 bits per heavy atom. The van der Waals surface area contributed by atoms with Crippen molar-refractivity contribution in [3.8, 4) is 0 Å². The molecule has 2 heterocycles. The summed E-state index contributed by atoms with van der Waals surface area (Å²) in [5, 5.41) is 11.5. The van der Waals surface area contributed by atoms with Gasteiger partial charge in [-0.05, 0) is 25.1 Å². The van der Waals surface area contributed by atoms with Gasteiger partial charge < -0.3 is 5.32 Å². The Balaban J connectivity index is 2.09. The number of aromatic nitrogens is 4. The summed E-state index contributed by atoms with van der Waals surface area (Å²) < 4.78 is 0. The predicted molar refractivity (Wildman–Crippen MR) is 80.2 cm³/mol. The third-order valence-electron chi connectivity index (χ3n) is 2.68. The average molecular weight is 287 g/mol. The molecule has 0 aliphatic rings. The van der Waals surface area contributed by atoms with E-state index in [1.807, 2.05) is 31.2 Å². The zero-order valence-electron chi connectivity index (χ0n) is 10.6. The molecule has 0 atom stereocenters. The number of halogens is 1. The first-order valence-corrected chi connectivity index (χ1v) is 6.36. The fourth-order valence-electron chi connectivity index (χ4n) is 1.86. The third-order valence-corrected chi connectivity index (χ3v) is 2.91. The van der Waals surface area contributed by atoms with Crippen LogP contribution < -0.4 is 5.32 Å². The van der Waals surface area contributed by atoms with Gasteiger partial charge in [-0.1, -0.05) is 17.7 Å². The second-order valence-corrected chi connectivity index (χ2v) is 4.45. The number of H-pyrrole nitrogens is 1. The molecule has 0 bridgehead atoms. The van der Waals surface area contributed by atoms with Crippen molar-refractivity contribution in [2.75, 3.05) is 5.32 Å². The molecule has 3 rings (SSSR count). The van der Waals surface area contributed by atoms with E-state index in [4.69, 9.17) is 11.6 Å². The number of rotatable bonds is 3. The minimum Gasteiger partial charge on any atom is -0.339 e. The molecule has 0 unspecified atom stereocenters. The highest BCUT2D eigenvalue weighted by Gasteiger charge is 2.12. The number of anilines is 2. The number of aromatic amines is 1. The van der Waals surface area contributed by atoms with Gasteiger partial charge in [-0.2, -0.15) is 5.10 Å². The fourth-order valence-corrected chi connectivity index (χ4v) is 2.05. The van der Waals surface area contributed by atoms with Crippen LogP contribution in [0.2, 0.25) is 5.02 Å². The van der Waals surface area contributed by atoms with Gasteiger partial charge in [-0.15, -0.1) is 0 Å². The highest BCUT2D eigenvalue weighted by molar-refractivity contribution is 6.30. The molecule has 2 N–H and O–H groups in total. The molecule has 0 fully saturated rings. The minimum absolute atomic E-state index is 0.560. The lowest BCUT2D eigenvalue weighted by atomic mass is 10.3. The van der Waals surface area contributed by atoms with Gasteiger partial charge >= 0.3 is 0 Å². The maximum absolute atomic E-state index is 5.97. The summed E-state index contributed by atoms with van der Waals surface area (Å²) >= 11 is 5.97. The molecule has 0 spiro atoms. The van der Waals surface area contributed by atoms with Gasteiger partial charge in [0, 0.05) is 16.9 Å². The Labute approximate surface area is 119 Å². The molecule has 20 heavy (non-hydrogen) atoms. The maximum Gasteiger partial charge on any atom is 0.188 e. The molecule has 100 valence electrons. The van der Waals surface area contributed by atoms with E-state index in [0.717, 1.165) is 11.1 Å². The van der Waals surface area contributed by atoms with Crippen LogP contribution in [0.4, 0.5) is 17.3 Å². The van der Waals surface area contributed by atoms with Crippen molar-refractivity contribution in [2.24, 2.45) is 4.99 Å². The molecule has 2 aromatic heterocycles. The monoisotopic (exact) mass is 286 g/mol. The Bertz CT molecular complexity index is 779. The summed E-state index contributed by atoms with van der Waals surface area (Å²) in [4.78, 5) is 12.6. The zero-order chi connectivity index (χ0) is 13.9. The lowest BCUT2D eigenvalue weighted by molar-refractivity contribution is 1.08. The number of nitrogens with one attached hydrogen (secondary N) is 2. The summed E-state index contributed by atoms with van der Waals surface area (Å²) in [5.74, 6) is 1.25. The summed E-state index contributed by atoms with van der Waals surface area (Å²) in [6.45, 7) is 1.83. The van der Waals surface area contributed by atoms with Crippen LogP contribution in [0.5, 0.6) is 0 Å². The zero-order valence-corrected chi connectivity index (χ0v) is 11.4. The SMILES string of the molecule is C/C=N/c1[nH]nc2ncnc(Nc3cccc(Cl)c3)c12. The van der Waals surface area contributed by atoms with Crippen molar-refractivity contribution >= 4 is 46.2 Å². The van der Waals surface area contributed by atoms with Gasteiger partial charge in [0.2, 0.25) is 0 Å². The van der Waals surface area contributed by atoms with Crippen LogP contribution in [0.3, 0.4) is 0 Å². The molecule has 0 aliphatic heterocycles. The van der Waals surface area contributed by atoms with Crippen LogP contribution in [-0.2, 0) is 0 Å². The second-order valence-electron chi connectivity index (χ2n) is 4.02. The van der Waals surface area contributed by atoms with Crippen LogP contribution in [0.25, 0.3) is 11.0 Å². The van der Waals surface area contributed by atoms with E-state index >= 15 is 0 Å². The molecule has 0 radical (unpaired) electrons. The first-order valence-electron chi connectivity index (χ1n) is 5.98. The molecule has 0 aliphatic carbocycles. The third kappa shape index (κ3) is 2.33. The topological polar surface area (TPSA) is 78.8 Å². The molecule has 6 nitrogen and oxygen atoms in total. The molecule has 0 saturated carbocycles. The number of hydrogen-bond acceptors (Lipinski definition) is 5. The normalized spacial score (nSPS) is 11.3. The van der Waals surface area contributed by atoms with E-state index in [-0.39, 0.29) is 0 Å². The highest BCUT2D eigenvalue weighted by Crippen LogP contribution is 2.29. The van der Waals surface area contributed by atoms with Crippen LogP contribution >= 0.6 is 11.6 Å². The van der Waals surface area contributed by atoms with Crippen molar-refractivity contribution in [2.45, 2.75) is 6.92 Å². The number of nitrogens with zero attached hydrogens (tertiary/aromatic N) is 4. The standard InChI is InChI=1S/C13H11ClN6/c1-2-15-12-10-11(16-7-17-13(10)20-19-12)18-9-5-3-4-8(14)6-9/h2-7H,1H3,(H2,16,17,18,19,20)/b15-2+. The van der Waals surface area contributed by atoms with Crippen molar-refractivity contribution in [3.63, 3.8) is 0 Å². The first kappa shape index (κ1) is 12.6. The number of benzene rings is 1. The Hall–Kier alpha value is -2.47. The molecule has 3 aromatic rings. The average Bonchev–Trinajstić information content (AvgIpc) is 2.84. The van der Waals surface area contributed by atoms with Gasteiger partial charge in [0.25, 0.3) is 0 Å². The van der Waals surface area contributed by atoms with Gasteiger partial charge in [0.15, 0.2) is 11.5 Å². The molecule has 1 aromatic carbocycles. The number of aliphatic imine (C=N–C) groups is 1. The molecular formula is C13H11ClN6. The summed E-state index contributed by atoms with van der Waals surface area (Å²) in [6, 6.07) is 7.40. The van der Waals surface area contributed by atoms with E-state index < -0.39 is 0 Å². The minimum atomic E-state index is 0.560. The Kier molecular flexibility index (Phi) is 3.30. The number of fused-ring (bicyclic) bond motifs is 1. The van der Waals surface area contributed by atoms with Gasteiger partial charge in [-0.25, -0.2) is 15.0 Å². The van der Waals surface area contributed by atoms with Crippen LogP contribution in [0.1, 0.15) is 6.92 Å². The van der Waals surface area contributed by atoms with Crippen molar-refractivity contribution in [1.29, 1.82) is 0 Å². The van der Waals surface area contributed by atoms with Crippen LogP contribution in [-0.4, -0.2) is 26.4 Å². The van der Waals surface area contributed by atoms with E-state index in [9.17, 15) is 0 Å². The predicted octanol–water partition coefficient (Wildman–Crippen LogP) is 3.47. The second kappa shape index (κ2) is 5.26. The highest BCUT2D eigenvalue weighted by atomic mass is 35.5. The first-order chi connectivity index (χ1) is 9.78. The molecular weight excluding hydrogens is 276 g/mol. The maximum atomic E-state index is 5.97. The summed E-state index contributed by atoms with van der Waals surface area (Å²) in [5.41, 5.74) is 1.40. The molecule has 0 amide bonds. The van der Waals surface area contributed by atoms with Crippen LogP contribution in [0.15, 0.2) is 35.6 Å². The lowest BCUT2D eigenvalue weighted by Gasteiger charge is -2.06. The fraction of sp³-hybridized carbons (Fsp3) is 0.0769. The van der Waals surface area contributed by atoms with Gasteiger partial charge in [-0.3, -0.25) is 5.10 Å². The molecule has 7 heteroatoms. The summed E-state index contributed by atoms with van der Waals surface area (Å²) in [7, 11) is 0. The van der Waals surface area contributed by atoms with Crippen molar-refractivity contribution in [1.82, 2.24) is 20.2 Å². The van der Waals surface area contributed by atoms with Crippen LogP contribution in [0, 0.1) is 0 Å². The largest absolute Gasteiger partial charge is 0.339 e. The quantitative estimate of drug-likeness (QED) is 0.723. The van der Waals surface area contributed by atoms with E-state index in [2.05, 4.69) is 30.5 Å². The Morgan fingerprint density at radius 3 is 3.05 bits per heavy atom. The van der Waals surface area contributed by atoms with E-state index in [1.54, 1.807) is 6.21 Å². The summed E-state index contributed by atoms with van der Waals surface area (Å²) in [6.07, 6.45) is 3.14. The number of hydrogen-bond donors (Lipinski definition) is 2. The smallest absolute Gasteiger partial charge is 0.188 e. The van der Waals surface area contributed by atoms with Crippen molar-refractivity contribution < 1.29 is 0 Å².